The number of unbranched alkanes of at least 4 members (excludes halogenated alkanes) is 1. The number of carbonyl (C=O) groups excluding carboxylic acids is 1. The van der Waals surface area contributed by atoms with Gasteiger partial charge in [0, 0.05) is 22.7 Å². The van der Waals surface area contributed by atoms with Crippen molar-refractivity contribution in [1.82, 2.24) is 14.8 Å². The number of aryl methyl sites for hydroxylation is 1. The van der Waals surface area contributed by atoms with E-state index >= 15 is 0 Å². The maximum atomic E-state index is 14.2. The number of benzene rings is 3. The molecule has 4 aromatic rings. The average Bonchev–Trinajstić information content (AvgIpc) is 3.34. The molecule has 7 nitrogen and oxygen atoms in total. The third-order valence-electron chi connectivity index (χ3n) is 6.72. The summed E-state index contributed by atoms with van der Waals surface area (Å²) in [5, 5.41) is 12.1. The number of hydrogen-bond acceptors (Lipinski definition) is 6. The topological polar surface area (TPSA) is 81.1 Å². The highest BCUT2D eigenvalue weighted by atomic mass is 35.5. The second-order valence-corrected chi connectivity index (χ2v) is 11.3. The summed E-state index contributed by atoms with van der Waals surface area (Å²) >= 11 is 7.75. The van der Waals surface area contributed by atoms with E-state index in [-0.39, 0.29) is 12.5 Å². The molecule has 212 valence electrons. The maximum Gasteiger partial charge on any atom is 0.255 e. The second-order valence-electron chi connectivity index (χ2n) is 9.81. The Bertz CT molecular complexity index is 1570. The van der Waals surface area contributed by atoms with Crippen LogP contribution in [0.15, 0.2) is 83.2 Å². The van der Waals surface area contributed by atoms with Gasteiger partial charge in [-0.25, -0.2) is 9.07 Å². The van der Waals surface area contributed by atoms with Crippen molar-refractivity contribution < 1.29 is 13.9 Å². The molecule has 0 spiro atoms. The molecule has 0 bridgehead atoms. The summed E-state index contributed by atoms with van der Waals surface area (Å²) in [7, 11) is 0. The number of nitrogens with one attached hydrogen (secondary N) is 2. The molecule has 0 fully saturated rings. The predicted molar refractivity (Wildman–Crippen MR) is 162 cm³/mol. The SMILES string of the molecule is CCCCSc1nc2n(n1)C(c1ccc(OCc3c(F)cccc3Cl)cc1)C(C(=O)Nc1cccc(C)c1)=C(C)N2. The van der Waals surface area contributed by atoms with Gasteiger partial charge in [0.2, 0.25) is 11.1 Å². The fourth-order valence-corrected chi connectivity index (χ4v) is 5.73. The molecule has 0 saturated carbocycles. The fraction of sp³-hybridized carbons (Fsp3) is 0.258. The lowest BCUT2D eigenvalue weighted by Crippen LogP contribution is -2.31. The Balaban J connectivity index is 1.45. The lowest BCUT2D eigenvalue weighted by molar-refractivity contribution is -0.113. The molecule has 1 unspecified atom stereocenters. The standard InChI is InChI=1S/C31H31ClFN5O2S/c1-4-5-16-41-31-36-30-34-20(3)27(29(39)35-22-9-6-8-19(2)17-22)28(38(30)37-31)21-12-14-23(15-13-21)40-18-24-25(32)10-7-11-26(24)33/h6-15,17,28H,4-5,16,18H2,1-3H3,(H,35,39)(H,34,36,37). The molecule has 5 rings (SSSR count). The van der Waals surface area contributed by atoms with Gasteiger partial charge in [0.15, 0.2) is 0 Å². The van der Waals surface area contributed by atoms with Crippen LogP contribution in [0.3, 0.4) is 0 Å². The van der Waals surface area contributed by atoms with E-state index in [0.717, 1.165) is 29.7 Å². The molecule has 2 heterocycles. The zero-order valence-electron chi connectivity index (χ0n) is 23.1. The van der Waals surface area contributed by atoms with E-state index in [9.17, 15) is 9.18 Å². The number of hydrogen-bond donors (Lipinski definition) is 2. The fourth-order valence-electron chi connectivity index (χ4n) is 4.60. The van der Waals surface area contributed by atoms with E-state index in [0.29, 0.717) is 44.4 Å². The Morgan fingerprint density at radius 3 is 2.66 bits per heavy atom. The molecule has 1 aromatic heterocycles. The van der Waals surface area contributed by atoms with Gasteiger partial charge in [0.05, 0.1) is 10.6 Å². The van der Waals surface area contributed by atoms with Crippen LogP contribution < -0.4 is 15.4 Å². The number of rotatable bonds is 10. The Kier molecular flexibility index (Phi) is 8.95. The highest BCUT2D eigenvalue weighted by Crippen LogP contribution is 2.37. The highest BCUT2D eigenvalue weighted by molar-refractivity contribution is 7.99. The van der Waals surface area contributed by atoms with Crippen molar-refractivity contribution in [1.29, 1.82) is 0 Å². The average molecular weight is 592 g/mol. The van der Waals surface area contributed by atoms with Crippen LogP contribution in [0.4, 0.5) is 16.0 Å². The first kappa shape index (κ1) is 28.7. The van der Waals surface area contributed by atoms with Crippen LogP contribution in [-0.2, 0) is 11.4 Å². The van der Waals surface area contributed by atoms with Crippen LogP contribution in [0.2, 0.25) is 5.02 Å². The molecule has 0 radical (unpaired) electrons. The molecule has 10 heteroatoms. The van der Waals surface area contributed by atoms with Crippen LogP contribution >= 0.6 is 23.4 Å². The smallest absolute Gasteiger partial charge is 0.255 e. The number of carbonyl (C=O) groups is 1. The lowest BCUT2D eigenvalue weighted by atomic mass is 9.95. The van der Waals surface area contributed by atoms with Gasteiger partial charge >= 0.3 is 0 Å². The van der Waals surface area contributed by atoms with E-state index in [2.05, 4.69) is 17.6 Å². The van der Waals surface area contributed by atoms with Crippen molar-refractivity contribution in [2.45, 2.75) is 51.4 Å². The zero-order valence-corrected chi connectivity index (χ0v) is 24.7. The number of fused-ring (bicyclic) bond motifs is 1. The van der Waals surface area contributed by atoms with Gasteiger partial charge in [-0.05, 0) is 67.8 Å². The third kappa shape index (κ3) is 6.57. The summed E-state index contributed by atoms with van der Waals surface area (Å²) < 4.78 is 21.8. The Labute approximate surface area is 248 Å². The Hall–Kier alpha value is -3.82. The minimum Gasteiger partial charge on any atom is -0.489 e. The molecule has 0 saturated heterocycles. The first-order valence-electron chi connectivity index (χ1n) is 13.4. The molecule has 1 aliphatic heterocycles. The quantitative estimate of drug-likeness (QED) is 0.145. The van der Waals surface area contributed by atoms with Crippen LogP contribution in [0.1, 0.15) is 49.4 Å². The summed E-state index contributed by atoms with van der Waals surface area (Å²) in [6, 6.07) is 19.1. The van der Waals surface area contributed by atoms with Crippen LogP contribution in [0.25, 0.3) is 0 Å². The number of anilines is 2. The van der Waals surface area contributed by atoms with E-state index in [1.165, 1.54) is 6.07 Å². The summed E-state index contributed by atoms with van der Waals surface area (Å²) in [6.45, 7) is 5.99. The number of thioether (sulfide) groups is 1. The molecular formula is C31H31ClFN5O2S. The molecule has 1 aliphatic rings. The number of halogens is 2. The van der Waals surface area contributed by atoms with Gasteiger partial charge in [-0.2, -0.15) is 4.98 Å². The van der Waals surface area contributed by atoms with Crippen molar-refractivity contribution in [3.05, 3.63) is 106 Å². The van der Waals surface area contributed by atoms with Gasteiger partial charge in [-0.1, -0.05) is 67.0 Å². The number of aromatic nitrogens is 3. The Morgan fingerprint density at radius 2 is 1.93 bits per heavy atom. The summed E-state index contributed by atoms with van der Waals surface area (Å²) in [6.07, 6.45) is 2.15. The second kappa shape index (κ2) is 12.8. The Morgan fingerprint density at radius 1 is 1.15 bits per heavy atom. The lowest BCUT2D eigenvalue weighted by Gasteiger charge is -2.28. The van der Waals surface area contributed by atoms with Gasteiger partial charge < -0.3 is 15.4 Å². The normalized spacial score (nSPS) is 14.4. The number of ether oxygens (including phenoxy) is 1. The van der Waals surface area contributed by atoms with Gasteiger partial charge in [-0.3, -0.25) is 4.79 Å². The van der Waals surface area contributed by atoms with Gasteiger partial charge in [0.25, 0.3) is 5.91 Å². The summed E-state index contributed by atoms with van der Waals surface area (Å²) in [4.78, 5) is 18.4. The van der Waals surface area contributed by atoms with E-state index < -0.39 is 11.9 Å². The van der Waals surface area contributed by atoms with Crippen molar-refractivity contribution in [2.75, 3.05) is 16.4 Å². The maximum absolute atomic E-state index is 14.2. The van der Waals surface area contributed by atoms with Gasteiger partial charge in [0.1, 0.15) is 24.2 Å². The highest BCUT2D eigenvalue weighted by Gasteiger charge is 2.34. The largest absolute Gasteiger partial charge is 0.489 e. The predicted octanol–water partition coefficient (Wildman–Crippen LogP) is 7.78. The molecular weight excluding hydrogens is 561 g/mol. The van der Waals surface area contributed by atoms with Gasteiger partial charge in [-0.15, -0.1) is 5.10 Å². The van der Waals surface area contributed by atoms with E-state index in [1.54, 1.807) is 40.7 Å². The molecule has 1 atom stereocenters. The minimum absolute atomic E-state index is 0.00702. The minimum atomic E-state index is -0.529. The van der Waals surface area contributed by atoms with Crippen LogP contribution in [0.5, 0.6) is 5.75 Å². The molecule has 2 N–H and O–H groups in total. The molecule has 3 aromatic carbocycles. The van der Waals surface area contributed by atoms with E-state index in [1.807, 2.05) is 50.2 Å². The molecule has 41 heavy (non-hydrogen) atoms. The van der Waals surface area contributed by atoms with Crippen molar-refractivity contribution in [3.63, 3.8) is 0 Å². The van der Waals surface area contributed by atoms with Crippen LogP contribution in [0, 0.1) is 12.7 Å². The first-order valence-corrected chi connectivity index (χ1v) is 14.8. The summed E-state index contributed by atoms with van der Waals surface area (Å²) in [5.74, 6) is 1.38. The van der Waals surface area contributed by atoms with Crippen LogP contribution in [-0.4, -0.2) is 26.4 Å². The number of nitrogens with zero attached hydrogens (tertiary/aromatic N) is 3. The first-order chi connectivity index (χ1) is 19.8. The van der Waals surface area contributed by atoms with Crippen molar-refractivity contribution >= 4 is 40.9 Å². The zero-order chi connectivity index (χ0) is 28.9. The van der Waals surface area contributed by atoms with Crippen molar-refractivity contribution in [2.24, 2.45) is 0 Å². The summed E-state index contributed by atoms with van der Waals surface area (Å²) in [5.41, 5.74) is 4.11. The number of amides is 1. The monoisotopic (exact) mass is 591 g/mol. The van der Waals surface area contributed by atoms with Crippen molar-refractivity contribution in [3.8, 4) is 5.75 Å². The molecule has 1 amide bonds. The van der Waals surface area contributed by atoms with E-state index in [4.69, 9.17) is 26.4 Å². The molecule has 0 aliphatic carbocycles. The third-order valence-corrected chi connectivity index (χ3v) is 8.00. The number of allylic oxidation sites excluding steroid dienone is 1.